The van der Waals surface area contributed by atoms with Gasteiger partial charge in [0.1, 0.15) is 22.3 Å². The van der Waals surface area contributed by atoms with Crippen LogP contribution in [0.1, 0.15) is 5.56 Å². The number of benzene rings is 10. The van der Waals surface area contributed by atoms with Crippen molar-refractivity contribution in [3.63, 3.8) is 0 Å². The zero-order chi connectivity index (χ0) is 47.4. The molecule has 0 saturated carbocycles. The van der Waals surface area contributed by atoms with Gasteiger partial charge in [0.25, 0.3) is 0 Å². The number of fused-ring (bicyclic) bond motifs is 13. The van der Waals surface area contributed by atoms with Crippen molar-refractivity contribution in [1.29, 1.82) is 0 Å². The van der Waals surface area contributed by atoms with E-state index in [1.165, 1.54) is 38.1 Å². The summed E-state index contributed by atoms with van der Waals surface area (Å²) in [7, 11) is 0. The highest BCUT2D eigenvalue weighted by Crippen LogP contribution is 2.43. The Kier molecular flexibility index (Phi) is 8.80. The van der Waals surface area contributed by atoms with E-state index in [2.05, 4.69) is 233 Å². The van der Waals surface area contributed by atoms with Gasteiger partial charge in [-0.3, -0.25) is 0 Å². The van der Waals surface area contributed by atoms with Gasteiger partial charge in [-0.05, 0) is 143 Å². The molecule has 0 bridgehead atoms. The Morgan fingerprint density at radius 3 is 1.49 bits per heavy atom. The number of hydrogen-bond donors (Lipinski definition) is 0. The van der Waals surface area contributed by atoms with Crippen LogP contribution in [0.4, 0.5) is 11.4 Å². The summed E-state index contributed by atoms with van der Waals surface area (Å²) < 4.78 is 17.3. The third-order valence-corrected chi connectivity index (χ3v) is 14.9. The molecule has 0 saturated heterocycles. The van der Waals surface area contributed by atoms with Crippen LogP contribution in [0, 0.1) is 0 Å². The molecule has 0 spiro atoms. The number of anilines is 2. The van der Waals surface area contributed by atoms with Crippen molar-refractivity contribution in [2.75, 3.05) is 11.4 Å². The monoisotopic (exact) mass is 921 g/mol. The first-order valence-corrected chi connectivity index (χ1v) is 24.5. The van der Waals surface area contributed by atoms with Crippen molar-refractivity contribution in [2.24, 2.45) is 0 Å². The van der Waals surface area contributed by atoms with Crippen LogP contribution < -0.4 is 4.90 Å². The minimum Gasteiger partial charge on any atom is -0.456 e. The highest BCUT2D eigenvalue weighted by atomic mass is 16.3. The molecule has 0 N–H and O–H groups in total. The largest absolute Gasteiger partial charge is 0.456 e. The van der Waals surface area contributed by atoms with E-state index in [9.17, 15) is 0 Å². The van der Waals surface area contributed by atoms with Crippen LogP contribution in [0.15, 0.2) is 252 Å². The standard InChI is InChI=1S/C67H43N3O2/c1-42-14-4-3-13-35-68(48-27-33-66-57(40-48)51-18-8-11-21-64(51)71-66)59-29-23-43(36-53(42)59)45-25-31-62-55(38-45)56-39-46(26-32-63(56)70(62)49-28-34-67-58(41-49)52-19-9-12-22-65(52)72-67)44-24-30-61-54(37-44)50-17-7-10-20-60(50)69(61)47-15-5-2-6-16-47/h2-34,36-41H,1,35H2/b13-3-,14-4-. The van der Waals surface area contributed by atoms with Crippen LogP contribution in [0.3, 0.4) is 0 Å². The molecule has 10 aromatic carbocycles. The van der Waals surface area contributed by atoms with Crippen LogP contribution in [0.5, 0.6) is 0 Å². The third-order valence-electron chi connectivity index (χ3n) is 14.9. The summed E-state index contributed by atoms with van der Waals surface area (Å²) in [6.45, 7) is 5.32. The van der Waals surface area contributed by atoms with E-state index < -0.39 is 0 Å². The van der Waals surface area contributed by atoms with Gasteiger partial charge in [-0.1, -0.05) is 128 Å². The van der Waals surface area contributed by atoms with E-state index in [0.29, 0.717) is 6.54 Å². The van der Waals surface area contributed by atoms with Crippen molar-refractivity contribution in [2.45, 2.75) is 0 Å². The Morgan fingerprint density at radius 2 is 0.833 bits per heavy atom. The number of rotatable bonds is 5. The predicted octanol–water partition coefficient (Wildman–Crippen LogP) is 18.3. The summed E-state index contributed by atoms with van der Waals surface area (Å²) in [6, 6.07) is 76.8. The molecule has 72 heavy (non-hydrogen) atoms. The van der Waals surface area contributed by atoms with Gasteiger partial charge in [-0.15, -0.1) is 0 Å². The summed E-state index contributed by atoms with van der Waals surface area (Å²) in [5.41, 5.74) is 19.3. The maximum Gasteiger partial charge on any atom is 0.135 e. The molecule has 0 fully saturated rings. The topological polar surface area (TPSA) is 39.4 Å². The first-order chi connectivity index (χ1) is 35.6. The van der Waals surface area contributed by atoms with Gasteiger partial charge in [0, 0.05) is 77.9 Å². The second kappa shape index (κ2) is 15.7. The molecule has 0 amide bonds. The molecule has 338 valence electrons. The zero-order valence-corrected chi connectivity index (χ0v) is 39.1. The van der Waals surface area contributed by atoms with Crippen LogP contribution in [-0.4, -0.2) is 15.7 Å². The summed E-state index contributed by atoms with van der Waals surface area (Å²) in [5.74, 6) is 0. The number of para-hydroxylation sites is 4. The van der Waals surface area contributed by atoms with Gasteiger partial charge in [0.15, 0.2) is 0 Å². The second-order valence-corrected chi connectivity index (χ2v) is 18.9. The van der Waals surface area contributed by atoms with Gasteiger partial charge >= 0.3 is 0 Å². The van der Waals surface area contributed by atoms with Crippen molar-refractivity contribution < 1.29 is 8.83 Å². The molecular weight excluding hydrogens is 879 g/mol. The molecule has 0 atom stereocenters. The summed E-state index contributed by atoms with van der Waals surface area (Å²) >= 11 is 0. The minimum absolute atomic E-state index is 0.696. The Hall–Kier alpha value is -9.58. The minimum atomic E-state index is 0.696. The molecule has 1 aliphatic rings. The Labute approximate surface area is 414 Å². The average molecular weight is 922 g/mol. The lowest BCUT2D eigenvalue weighted by Crippen LogP contribution is -2.18. The highest BCUT2D eigenvalue weighted by molar-refractivity contribution is 6.14. The Morgan fingerprint density at radius 1 is 0.347 bits per heavy atom. The Bertz CT molecular complexity index is 4630. The number of aromatic nitrogens is 2. The fourth-order valence-corrected chi connectivity index (χ4v) is 11.5. The van der Waals surface area contributed by atoms with Crippen molar-refractivity contribution in [3.8, 4) is 33.6 Å². The number of nitrogens with zero attached hydrogens (tertiary/aromatic N) is 3. The first-order valence-electron chi connectivity index (χ1n) is 24.5. The smallest absolute Gasteiger partial charge is 0.135 e. The summed E-state index contributed by atoms with van der Waals surface area (Å²) in [4.78, 5) is 2.38. The van der Waals surface area contributed by atoms with E-state index >= 15 is 0 Å². The maximum absolute atomic E-state index is 6.31. The quantitative estimate of drug-likeness (QED) is 0.173. The number of allylic oxidation sites excluding steroid dienone is 4. The van der Waals surface area contributed by atoms with E-state index in [1.807, 2.05) is 24.3 Å². The highest BCUT2D eigenvalue weighted by Gasteiger charge is 2.21. The lowest BCUT2D eigenvalue weighted by Gasteiger charge is -2.27. The molecule has 4 aromatic heterocycles. The van der Waals surface area contributed by atoms with Crippen LogP contribution in [0.25, 0.3) is 127 Å². The van der Waals surface area contributed by atoms with E-state index in [0.717, 1.165) is 105 Å². The molecule has 14 aromatic rings. The predicted molar refractivity (Wildman–Crippen MR) is 301 cm³/mol. The molecule has 0 radical (unpaired) electrons. The first kappa shape index (κ1) is 40.3. The van der Waals surface area contributed by atoms with Crippen LogP contribution in [-0.2, 0) is 0 Å². The van der Waals surface area contributed by atoms with Gasteiger partial charge in [0.2, 0.25) is 0 Å². The molecule has 5 nitrogen and oxygen atoms in total. The Balaban J connectivity index is 0.905. The van der Waals surface area contributed by atoms with Gasteiger partial charge in [0.05, 0.1) is 22.1 Å². The van der Waals surface area contributed by atoms with Gasteiger partial charge in [-0.25, -0.2) is 0 Å². The van der Waals surface area contributed by atoms with Crippen molar-refractivity contribution >= 4 is 104 Å². The normalized spacial score (nSPS) is 14.0. The molecule has 0 aliphatic carbocycles. The summed E-state index contributed by atoms with van der Waals surface area (Å²) in [5, 5.41) is 9.26. The maximum atomic E-state index is 6.31. The van der Waals surface area contributed by atoms with Gasteiger partial charge in [-0.2, -0.15) is 0 Å². The third kappa shape index (κ3) is 6.20. The van der Waals surface area contributed by atoms with E-state index in [4.69, 9.17) is 8.83 Å². The van der Waals surface area contributed by atoms with Crippen molar-refractivity contribution in [3.05, 3.63) is 249 Å². The van der Waals surface area contributed by atoms with Crippen molar-refractivity contribution in [1.82, 2.24) is 9.13 Å². The number of furan rings is 2. The summed E-state index contributed by atoms with van der Waals surface area (Å²) in [6.07, 6.45) is 8.53. The lowest BCUT2D eigenvalue weighted by atomic mass is 9.95. The lowest BCUT2D eigenvalue weighted by molar-refractivity contribution is 0.668. The molecule has 0 unspecified atom stereocenters. The van der Waals surface area contributed by atoms with Gasteiger partial charge < -0.3 is 22.9 Å². The molecule has 1 aliphatic heterocycles. The molecular formula is C67H43N3O2. The van der Waals surface area contributed by atoms with Crippen LogP contribution >= 0.6 is 0 Å². The molecule has 5 heterocycles. The van der Waals surface area contributed by atoms with E-state index in [-0.39, 0.29) is 0 Å². The average Bonchev–Trinajstić information content (AvgIpc) is 4.19. The SMILES string of the molecule is C=C1/C=C\C=C/CN(c2ccc3oc4ccccc4c3c2)c2ccc(-c3ccc4c(c3)c3cc(-c5ccc6c(c5)c5ccccc5n6-c5ccccc5)ccc3n4-c3ccc4oc5ccccc5c4c3)cc21. The van der Waals surface area contributed by atoms with Crippen LogP contribution in [0.2, 0.25) is 0 Å². The second-order valence-electron chi connectivity index (χ2n) is 18.9. The fourth-order valence-electron chi connectivity index (χ4n) is 11.5. The fraction of sp³-hybridized carbons (Fsp3) is 0.0149. The molecule has 15 rings (SSSR count). The zero-order valence-electron chi connectivity index (χ0n) is 39.1. The van der Waals surface area contributed by atoms with E-state index in [1.54, 1.807) is 0 Å². The number of hydrogen-bond acceptors (Lipinski definition) is 3. The molecule has 5 heteroatoms.